The SMILES string of the molecule is CC(=O)NC(CCC(N)=O)C(=O)O.CC(=O)NC(Cc1c[nH]c2ccccc12)C(=O)O.CC(=O)Nc1ccc(C(=O)O)cc1.O=C1CCC(C(=O)O)N1. The molecule has 0 bridgehead atoms. The molecule has 3 unspecified atom stereocenters. The van der Waals surface area contributed by atoms with Crippen molar-refractivity contribution in [2.75, 3.05) is 5.32 Å². The zero-order chi connectivity index (χ0) is 40.2. The van der Waals surface area contributed by atoms with Crippen LogP contribution in [-0.4, -0.2) is 96.9 Å². The van der Waals surface area contributed by atoms with Gasteiger partial charge in [-0.25, -0.2) is 19.2 Å². The molecule has 2 aromatic carbocycles. The summed E-state index contributed by atoms with van der Waals surface area (Å²) in [5.41, 5.74) is 7.46. The van der Waals surface area contributed by atoms with E-state index in [4.69, 9.17) is 26.2 Å². The van der Waals surface area contributed by atoms with Gasteiger partial charge < -0.3 is 52.4 Å². The molecule has 0 radical (unpaired) electrons. The van der Waals surface area contributed by atoms with Crippen molar-refractivity contribution in [3.63, 3.8) is 0 Å². The van der Waals surface area contributed by atoms with Crippen LogP contribution in [0.25, 0.3) is 10.9 Å². The maximum absolute atomic E-state index is 11.1. The van der Waals surface area contributed by atoms with Crippen LogP contribution in [0.15, 0.2) is 54.7 Å². The average Bonchev–Trinajstić information content (AvgIpc) is 3.69. The number of benzene rings is 2. The van der Waals surface area contributed by atoms with E-state index >= 15 is 0 Å². The van der Waals surface area contributed by atoms with Crippen LogP contribution in [0.3, 0.4) is 0 Å². The van der Waals surface area contributed by atoms with E-state index in [-0.39, 0.29) is 42.5 Å². The first kappa shape index (κ1) is 44.2. The van der Waals surface area contributed by atoms with Crippen molar-refractivity contribution in [1.29, 1.82) is 0 Å². The number of aromatic amines is 1. The number of primary amides is 1. The lowest BCUT2D eigenvalue weighted by molar-refractivity contribution is -0.142. The molecule has 19 heteroatoms. The van der Waals surface area contributed by atoms with Crippen LogP contribution < -0.4 is 27.0 Å². The molecule has 0 aliphatic carbocycles. The number of carbonyl (C=O) groups excluding carboxylic acids is 5. The van der Waals surface area contributed by atoms with E-state index in [0.29, 0.717) is 18.5 Å². The minimum atomic E-state index is -1.17. The van der Waals surface area contributed by atoms with Crippen molar-refractivity contribution >= 4 is 70.0 Å². The number of nitrogens with two attached hydrogens (primary N) is 1. The Morgan fingerprint density at radius 3 is 1.81 bits per heavy atom. The molecule has 3 atom stereocenters. The topological polar surface area (TPSA) is 324 Å². The molecule has 19 nitrogen and oxygen atoms in total. The van der Waals surface area contributed by atoms with Gasteiger partial charge >= 0.3 is 23.9 Å². The quantitative estimate of drug-likeness (QED) is 0.123. The molecule has 5 amide bonds. The summed E-state index contributed by atoms with van der Waals surface area (Å²) in [6, 6.07) is 11.0. The van der Waals surface area contributed by atoms with Gasteiger partial charge in [-0.1, -0.05) is 18.2 Å². The fourth-order valence-corrected chi connectivity index (χ4v) is 4.45. The maximum Gasteiger partial charge on any atom is 0.335 e. The fourth-order valence-electron chi connectivity index (χ4n) is 4.45. The van der Waals surface area contributed by atoms with Gasteiger partial charge in [0.05, 0.1) is 5.56 Å². The van der Waals surface area contributed by atoms with Gasteiger partial charge in [0, 0.05) is 62.8 Å². The predicted molar refractivity (Wildman–Crippen MR) is 187 cm³/mol. The first-order valence-electron chi connectivity index (χ1n) is 15.8. The molecule has 286 valence electrons. The standard InChI is InChI=1S/C13H14N2O3.C9H9NO3.C7H12N2O4.C5H7NO3/c1-8(16)15-12(13(17)18)6-9-7-14-11-5-3-2-4-10(9)11;1-6(11)10-8-4-2-7(3-5-8)9(12)13;1-4(10)9-5(7(12)13)2-3-6(8)11;7-4-2-1-3(6-4)5(8)9/h2-5,7,12,14H,6H2,1H3,(H,15,16)(H,17,18);2-5H,1H3,(H,10,11)(H,12,13);5H,2-3H2,1H3,(H2,8,11)(H,9,10)(H,12,13);3H,1-2H2,(H,6,7)(H,8,9). The second-order valence-corrected chi connectivity index (χ2v) is 11.3. The van der Waals surface area contributed by atoms with E-state index in [1.165, 1.54) is 32.9 Å². The van der Waals surface area contributed by atoms with Crippen LogP contribution in [0.5, 0.6) is 0 Å². The third-order valence-corrected chi connectivity index (χ3v) is 6.88. The highest BCUT2D eigenvalue weighted by molar-refractivity contribution is 5.91. The first-order valence-corrected chi connectivity index (χ1v) is 15.8. The summed E-state index contributed by atoms with van der Waals surface area (Å²) in [5, 5.41) is 45.0. The highest BCUT2D eigenvalue weighted by Crippen LogP contribution is 2.19. The molecule has 1 aliphatic rings. The van der Waals surface area contributed by atoms with Gasteiger partial charge in [-0.2, -0.15) is 0 Å². The second kappa shape index (κ2) is 22.1. The van der Waals surface area contributed by atoms with Crippen LogP contribution in [0.2, 0.25) is 0 Å². The number of fused-ring (bicyclic) bond motifs is 1. The van der Waals surface area contributed by atoms with Gasteiger partial charge in [0.1, 0.15) is 18.1 Å². The zero-order valence-corrected chi connectivity index (χ0v) is 29.0. The van der Waals surface area contributed by atoms with Gasteiger partial charge in [0.25, 0.3) is 0 Å². The Kier molecular flexibility index (Phi) is 18.5. The minimum absolute atomic E-state index is 0.0181. The number of hydrogen-bond donors (Lipinski definition) is 10. The molecule has 0 spiro atoms. The number of anilines is 1. The summed E-state index contributed by atoms with van der Waals surface area (Å²) in [5.74, 6) is -5.84. The third-order valence-electron chi connectivity index (χ3n) is 6.88. The van der Waals surface area contributed by atoms with Gasteiger partial charge in [-0.15, -0.1) is 0 Å². The van der Waals surface area contributed by atoms with Crippen LogP contribution in [-0.2, 0) is 44.8 Å². The summed E-state index contributed by atoms with van der Waals surface area (Å²) < 4.78 is 0. The normalized spacial score (nSPS) is 13.7. The van der Waals surface area contributed by atoms with Crippen LogP contribution >= 0.6 is 0 Å². The lowest BCUT2D eigenvalue weighted by atomic mass is 10.1. The van der Waals surface area contributed by atoms with Crippen molar-refractivity contribution in [2.24, 2.45) is 5.73 Å². The summed E-state index contributed by atoms with van der Waals surface area (Å²) in [6.07, 6.45) is 2.77. The molecule has 1 aromatic heterocycles. The second-order valence-electron chi connectivity index (χ2n) is 11.3. The largest absolute Gasteiger partial charge is 0.480 e. The Hall–Kier alpha value is -6.79. The Balaban J connectivity index is 0.000000364. The van der Waals surface area contributed by atoms with Crippen molar-refractivity contribution in [3.8, 4) is 0 Å². The highest BCUT2D eigenvalue weighted by atomic mass is 16.4. The molecule has 3 aromatic rings. The van der Waals surface area contributed by atoms with E-state index in [1.807, 2.05) is 24.3 Å². The number of aliphatic carboxylic acids is 3. The fraction of sp³-hybridized carbons (Fsp3) is 0.324. The Bertz CT molecular complexity index is 1790. The molecule has 53 heavy (non-hydrogen) atoms. The lowest BCUT2D eigenvalue weighted by Crippen LogP contribution is -2.41. The number of hydrogen-bond acceptors (Lipinski definition) is 9. The molecule has 4 rings (SSSR count). The number of rotatable bonds is 12. The summed E-state index contributed by atoms with van der Waals surface area (Å²) in [4.78, 5) is 98.0. The van der Waals surface area contributed by atoms with Crippen molar-refractivity contribution in [3.05, 3.63) is 65.9 Å². The number of para-hydroxylation sites is 1. The number of carboxylic acid groups (broad SMARTS) is 4. The van der Waals surface area contributed by atoms with Gasteiger partial charge in [0.2, 0.25) is 29.5 Å². The van der Waals surface area contributed by atoms with Crippen molar-refractivity contribution in [1.82, 2.24) is 20.9 Å². The smallest absolute Gasteiger partial charge is 0.335 e. The Morgan fingerprint density at radius 2 is 1.38 bits per heavy atom. The number of carboxylic acids is 4. The number of nitrogens with one attached hydrogen (secondary N) is 5. The Morgan fingerprint density at radius 1 is 0.811 bits per heavy atom. The number of H-pyrrole nitrogens is 1. The van der Waals surface area contributed by atoms with Crippen LogP contribution in [0, 0.1) is 0 Å². The summed E-state index contributed by atoms with van der Waals surface area (Å²) >= 11 is 0. The van der Waals surface area contributed by atoms with Gasteiger partial charge in [-0.05, 0) is 48.7 Å². The third kappa shape index (κ3) is 17.6. The predicted octanol–water partition coefficient (Wildman–Crippen LogP) is 0.834. The molecule has 0 saturated carbocycles. The molecule has 2 heterocycles. The van der Waals surface area contributed by atoms with E-state index in [2.05, 4.69) is 26.3 Å². The van der Waals surface area contributed by atoms with E-state index in [1.54, 1.807) is 18.3 Å². The van der Waals surface area contributed by atoms with Crippen molar-refractivity contribution in [2.45, 2.75) is 71.0 Å². The summed E-state index contributed by atoms with van der Waals surface area (Å²) in [7, 11) is 0. The van der Waals surface area contributed by atoms with E-state index < -0.39 is 53.8 Å². The van der Waals surface area contributed by atoms with Crippen LogP contribution in [0.4, 0.5) is 5.69 Å². The molecular weight excluding hydrogens is 700 g/mol. The molecule has 1 aliphatic heterocycles. The minimum Gasteiger partial charge on any atom is -0.480 e. The number of aromatic carboxylic acids is 1. The van der Waals surface area contributed by atoms with Crippen LogP contribution in [0.1, 0.15) is 62.4 Å². The van der Waals surface area contributed by atoms with Gasteiger partial charge in [-0.3, -0.25) is 24.0 Å². The highest BCUT2D eigenvalue weighted by Gasteiger charge is 2.26. The average molecular weight is 743 g/mol. The molecule has 11 N–H and O–H groups in total. The molecule has 1 fully saturated rings. The van der Waals surface area contributed by atoms with Crippen molar-refractivity contribution < 1.29 is 63.6 Å². The van der Waals surface area contributed by atoms with E-state index in [9.17, 15) is 43.2 Å². The number of aromatic nitrogens is 1. The number of amides is 5. The monoisotopic (exact) mass is 742 g/mol. The van der Waals surface area contributed by atoms with Gasteiger partial charge in [0.15, 0.2) is 0 Å². The van der Waals surface area contributed by atoms with E-state index in [0.717, 1.165) is 16.5 Å². The first-order chi connectivity index (χ1) is 24.8. The zero-order valence-electron chi connectivity index (χ0n) is 29.0. The molecular formula is C34H42N6O13. The summed E-state index contributed by atoms with van der Waals surface area (Å²) in [6.45, 7) is 3.91. The lowest BCUT2D eigenvalue weighted by Gasteiger charge is -2.12. The Labute approximate surface area is 302 Å². The maximum atomic E-state index is 11.1. The number of carbonyl (C=O) groups is 9. The molecule has 1 saturated heterocycles.